The number of amides is 2. The molecule has 168 valence electrons. The van der Waals surface area contributed by atoms with Gasteiger partial charge in [0.2, 0.25) is 11.8 Å². The molecular weight excluding hydrogens is 435 g/mol. The summed E-state index contributed by atoms with van der Waals surface area (Å²) in [6.07, 6.45) is 0.601. The summed E-state index contributed by atoms with van der Waals surface area (Å²) in [5, 5.41) is 3.90. The molecule has 2 aromatic rings. The Morgan fingerprint density at radius 3 is 2.13 bits per heavy atom. The fourth-order valence-electron chi connectivity index (χ4n) is 3.25. The maximum Gasteiger partial charge on any atom is 0.243 e. The van der Waals surface area contributed by atoms with Gasteiger partial charge in [0.15, 0.2) is 0 Å². The van der Waals surface area contributed by atoms with Crippen LogP contribution in [0.1, 0.15) is 45.2 Å². The minimum atomic E-state index is -0.655. The van der Waals surface area contributed by atoms with E-state index in [0.29, 0.717) is 27.8 Å². The number of nitrogens with zero attached hydrogens (tertiary/aromatic N) is 1. The molecule has 0 fully saturated rings. The first-order chi connectivity index (χ1) is 14.6. The zero-order valence-corrected chi connectivity index (χ0v) is 20.2. The van der Waals surface area contributed by atoms with Crippen LogP contribution in [0.3, 0.4) is 0 Å². The highest BCUT2D eigenvalue weighted by atomic mass is 35.5. The lowest BCUT2D eigenvalue weighted by molar-refractivity contribution is -0.141. The van der Waals surface area contributed by atoms with Crippen LogP contribution < -0.4 is 10.1 Å². The van der Waals surface area contributed by atoms with Gasteiger partial charge < -0.3 is 15.0 Å². The van der Waals surface area contributed by atoms with Gasteiger partial charge in [0.1, 0.15) is 11.8 Å². The number of hydrogen-bond acceptors (Lipinski definition) is 3. The number of rotatable bonds is 8. The van der Waals surface area contributed by atoms with E-state index >= 15 is 0 Å². The van der Waals surface area contributed by atoms with E-state index in [-0.39, 0.29) is 24.8 Å². The number of halogens is 2. The number of hydrogen-bond donors (Lipinski definition) is 1. The molecule has 0 saturated carbocycles. The van der Waals surface area contributed by atoms with Crippen LogP contribution in [0.5, 0.6) is 5.75 Å². The molecule has 0 saturated heterocycles. The molecule has 0 spiro atoms. The molecule has 5 nitrogen and oxygen atoms in total. The van der Waals surface area contributed by atoms with Crippen LogP contribution in [0, 0.1) is 0 Å². The monoisotopic (exact) mass is 464 g/mol. The number of ether oxygens (including phenoxy) is 1. The van der Waals surface area contributed by atoms with Crippen molar-refractivity contribution in [2.45, 2.75) is 58.7 Å². The van der Waals surface area contributed by atoms with Crippen LogP contribution in [0.4, 0.5) is 0 Å². The molecule has 2 amide bonds. The molecule has 2 aromatic carbocycles. The van der Waals surface area contributed by atoms with Gasteiger partial charge in [-0.1, -0.05) is 48.3 Å². The van der Waals surface area contributed by atoms with Crippen LogP contribution in [0.25, 0.3) is 0 Å². The van der Waals surface area contributed by atoms with E-state index < -0.39 is 11.6 Å². The van der Waals surface area contributed by atoms with Gasteiger partial charge in [-0.05, 0) is 57.0 Å². The predicted molar refractivity (Wildman–Crippen MR) is 126 cm³/mol. The van der Waals surface area contributed by atoms with Crippen LogP contribution in [-0.2, 0) is 22.6 Å². The average molecular weight is 465 g/mol. The third-order valence-corrected chi connectivity index (χ3v) is 5.50. The van der Waals surface area contributed by atoms with Crippen molar-refractivity contribution in [1.82, 2.24) is 10.2 Å². The van der Waals surface area contributed by atoms with Crippen LogP contribution in [0.2, 0.25) is 10.0 Å². The highest BCUT2D eigenvalue weighted by Gasteiger charge is 2.31. The second-order valence-corrected chi connectivity index (χ2v) is 9.22. The predicted octanol–water partition coefficient (Wildman–Crippen LogP) is 5.27. The molecule has 7 heteroatoms. The SMILES string of the molecule is CC[C@@H](C(=O)NC(C)(C)C)N(Cc1c(Cl)cccc1Cl)C(=O)Cc1ccc(OC)cc1. The lowest BCUT2D eigenvalue weighted by Crippen LogP contribution is -2.53. The van der Waals surface area contributed by atoms with Gasteiger partial charge in [0.05, 0.1) is 13.5 Å². The Morgan fingerprint density at radius 2 is 1.65 bits per heavy atom. The Hall–Kier alpha value is -2.24. The van der Waals surface area contributed by atoms with E-state index in [1.807, 2.05) is 52.0 Å². The number of methoxy groups -OCH3 is 1. The van der Waals surface area contributed by atoms with Gasteiger partial charge in [-0.2, -0.15) is 0 Å². The van der Waals surface area contributed by atoms with Crippen molar-refractivity contribution in [3.63, 3.8) is 0 Å². The van der Waals surface area contributed by atoms with Gasteiger partial charge in [-0.25, -0.2) is 0 Å². The summed E-state index contributed by atoms with van der Waals surface area (Å²) in [5.74, 6) is 0.324. The van der Waals surface area contributed by atoms with Crippen LogP contribution in [0.15, 0.2) is 42.5 Å². The zero-order chi connectivity index (χ0) is 23.2. The molecule has 0 aliphatic carbocycles. The third-order valence-electron chi connectivity index (χ3n) is 4.79. The summed E-state index contributed by atoms with van der Waals surface area (Å²) in [6.45, 7) is 7.75. The second kappa shape index (κ2) is 10.9. The first-order valence-corrected chi connectivity index (χ1v) is 11.0. The quantitative estimate of drug-likeness (QED) is 0.578. The van der Waals surface area contributed by atoms with E-state index in [4.69, 9.17) is 27.9 Å². The molecule has 0 bridgehead atoms. The average Bonchev–Trinajstić information content (AvgIpc) is 2.69. The maximum absolute atomic E-state index is 13.4. The van der Waals surface area contributed by atoms with Gasteiger partial charge >= 0.3 is 0 Å². The van der Waals surface area contributed by atoms with E-state index in [0.717, 1.165) is 5.56 Å². The molecule has 1 atom stereocenters. The van der Waals surface area contributed by atoms with Crippen molar-refractivity contribution in [3.8, 4) is 5.75 Å². The van der Waals surface area contributed by atoms with Crippen LogP contribution in [-0.4, -0.2) is 35.4 Å². The fraction of sp³-hybridized carbons (Fsp3) is 0.417. The number of nitrogens with one attached hydrogen (secondary N) is 1. The van der Waals surface area contributed by atoms with Gasteiger partial charge in [0.25, 0.3) is 0 Å². The topological polar surface area (TPSA) is 58.6 Å². The lowest BCUT2D eigenvalue weighted by Gasteiger charge is -2.33. The molecule has 0 aliphatic rings. The highest BCUT2D eigenvalue weighted by molar-refractivity contribution is 6.36. The third kappa shape index (κ3) is 7.15. The zero-order valence-electron chi connectivity index (χ0n) is 18.7. The molecule has 0 heterocycles. The first kappa shape index (κ1) is 25.0. The minimum Gasteiger partial charge on any atom is -0.497 e. The van der Waals surface area contributed by atoms with E-state index in [2.05, 4.69) is 5.32 Å². The van der Waals surface area contributed by atoms with Crippen molar-refractivity contribution in [1.29, 1.82) is 0 Å². The number of carbonyl (C=O) groups excluding carboxylic acids is 2. The summed E-state index contributed by atoms with van der Waals surface area (Å²) >= 11 is 12.7. The van der Waals surface area contributed by atoms with Crippen molar-refractivity contribution >= 4 is 35.0 Å². The Labute approximate surface area is 194 Å². The largest absolute Gasteiger partial charge is 0.497 e. The Kier molecular flexibility index (Phi) is 8.78. The summed E-state index contributed by atoms with van der Waals surface area (Å²) in [4.78, 5) is 28.0. The molecule has 0 aliphatic heterocycles. The summed E-state index contributed by atoms with van der Waals surface area (Å²) in [7, 11) is 1.59. The number of carbonyl (C=O) groups is 2. The van der Waals surface area contributed by atoms with E-state index in [9.17, 15) is 9.59 Å². The van der Waals surface area contributed by atoms with E-state index in [1.165, 1.54) is 0 Å². The molecule has 0 unspecified atom stereocenters. The van der Waals surface area contributed by atoms with E-state index in [1.54, 1.807) is 30.2 Å². The molecular formula is C24H30Cl2N2O3. The Bertz CT molecular complexity index is 888. The first-order valence-electron chi connectivity index (χ1n) is 10.2. The normalized spacial score (nSPS) is 12.2. The Morgan fingerprint density at radius 1 is 1.06 bits per heavy atom. The summed E-state index contributed by atoms with van der Waals surface area (Å²) in [5.41, 5.74) is 1.03. The molecule has 0 radical (unpaired) electrons. The van der Waals surface area contributed by atoms with Gasteiger partial charge in [-0.15, -0.1) is 0 Å². The van der Waals surface area contributed by atoms with Crippen molar-refractivity contribution in [3.05, 3.63) is 63.6 Å². The van der Waals surface area contributed by atoms with Crippen molar-refractivity contribution < 1.29 is 14.3 Å². The van der Waals surface area contributed by atoms with Gasteiger partial charge in [-0.3, -0.25) is 9.59 Å². The second-order valence-electron chi connectivity index (χ2n) is 8.41. The lowest BCUT2D eigenvalue weighted by atomic mass is 10.0. The maximum atomic E-state index is 13.4. The smallest absolute Gasteiger partial charge is 0.243 e. The highest BCUT2D eigenvalue weighted by Crippen LogP contribution is 2.27. The fourth-order valence-corrected chi connectivity index (χ4v) is 3.76. The summed E-state index contributed by atoms with van der Waals surface area (Å²) in [6, 6.07) is 11.8. The van der Waals surface area contributed by atoms with Gasteiger partial charge in [0, 0.05) is 27.7 Å². The molecule has 0 aromatic heterocycles. The van der Waals surface area contributed by atoms with Crippen molar-refractivity contribution in [2.75, 3.05) is 7.11 Å². The standard InChI is InChI=1S/C24H30Cl2N2O3/c1-6-21(23(30)27-24(2,3)4)28(15-18-19(25)8-7-9-20(18)26)22(29)14-16-10-12-17(31-5)13-11-16/h7-13,21H,6,14-15H2,1-5H3,(H,27,30)/t21-/m0/s1. The molecule has 2 rings (SSSR count). The summed E-state index contributed by atoms with van der Waals surface area (Å²) < 4.78 is 5.18. The van der Waals surface area contributed by atoms with Crippen molar-refractivity contribution in [2.24, 2.45) is 0 Å². The minimum absolute atomic E-state index is 0.142. The number of benzene rings is 2. The van der Waals surface area contributed by atoms with Crippen LogP contribution >= 0.6 is 23.2 Å². The molecule has 31 heavy (non-hydrogen) atoms. The Balaban J connectivity index is 2.37. The molecule has 1 N–H and O–H groups in total.